The maximum Gasteiger partial charge on any atom is 0.254 e. The van der Waals surface area contributed by atoms with Gasteiger partial charge in [0, 0.05) is 12.2 Å². The molecule has 0 unspecified atom stereocenters. The molecule has 2 amide bonds. The first-order chi connectivity index (χ1) is 15.4. The molecule has 0 aliphatic carbocycles. The number of thioether (sulfide) groups is 1. The minimum absolute atomic E-state index is 0.0449. The van der Waals surface area contributed by atoms with Crippen molar-refractivity contribution in [1.82, 2.24) is 20.1 Å². The highest BCUT2D eigenvalue weighted by molar-refractivity contribution is 7.99. The molecule has 166 valence electrons. The fourth-order valence-electron chi connectivity index (χ4n) is 3.06. The van der Waals surface area contributed by atoms with Gasteiger partial charge in [-0.2, -0.15) is 0 Å². The molecule has 7 nitrogen and oxygen atoms in total. The largest absolute Gasteiger partial charge is 0.342 e. The van der Waals surface area contributed by atoms with Gasteiger partial charge in [-0.1, -0.05) is 42.1 Å². The van der Waals surface area contributed by atoms with Gasteiger partial charge in [-0.25, -0.2) is 4.39 Å². The van der Waals surface area contributed by atoms with Crippen molar-refractivity contribution in [2.75, 3.05) is 11.1 Å². The Kier molecular flexibility index (Phi) is 7.77. The van der Waals surface area contributed by atoms with Crippen molar-refractivity contribution in [3.8, 4) is 0 Å². The van der Waals surface area contributed by atoms with Crippen molar-refractivity contribution in [2.24, 2.45) is 0 Å². The SMILES string of the molecule is C=CCn1c(SCC(=O)Nc2cccc(C)c2)nnc1[C@@H](C)NC(=O)c1ccccc1F. The third-order valence-electron chi connectivity index (χ3n) is 4.54. The topological polar surface area (TPSA) is 88.9 Å². The summed E-state index contributed by atoms with van der Waals surface area (Å²) in [6.45, 7) is 7.84. The molecule has 3 rings (SSSR count). The van der Waals surface area contributed by atoms with E-state index >= 15 is 0 Å². The summed E-state index contributed by atoms with van der Waals surface area (Å²) >= 11 is 1.23. The number of aromatic nitrogens is 3. The number of nitrogens with zero attached hydrogens (tertiary/aromatic N) is 3. The number of rotatable bonds is 9. The summed E-state index contributed by atoms with van der Waals surface area (Å²) in [5.74, 6) is -0.692. The van der Waals surface area contributed by atoms with Crippen LogP contribution in [0.15, 0.2) is 66.3 Å². The van der Waals surface area contributed by atoms with E-state index in [9.17, 15) is 14.0 Å². The van der Waals surface area contributed by atoms with Crippen LogP contribution in [0.1, 0.15) is 34.7 Å². The van der Waals surface area contributed by atoms with E-state index in [1.807, 2.05) is 31.2 Å². The lowest BCUT2D eigenvalue weighted by molar-refractivity contribution is -0.113. The fourth-order valence-corrected chi connectivity index (χ4v) is 3.82. The second-order valence-corrected chi connectivity index (χ2v) is 8.06. The van der Waals surface area contributed by atoms with Crippen molar-refractivity contribution >= 4 is 29.3 Å². The van der Waals surface area contributed by atoms with Crippen LogP contribution in [0.3, 0.4) is 0 Å². The number of halogens is 1. The Morgan fingerprint density at radius 2 is 2.00 bits per heavy atom. The highest BCUT2D eigenvalue weighted by atomic mass is 32.2. The molecule has 0 aliphatic rings. The second-order valence-electron chi connectivity index (χ2n) is 7.12. The molecular weight excluding hydrogens is 429 g/mol. The number of aryl methyl sites for hydroxylation is 1. The molecule has 0 saturated heterocycles. The molecule has 0 bridgehead atoms. The number of anilines is 1. The van der Waals surface area contributed by atoms with E-state index in [0.29, 0.717) is 17.5 Å². The van der Waals surface area contributed by atoms with Crippen LogP contribution in [0.25, 0.3) is 0 Å². The minimum Gasteiger partial charge on any atom is -0.342 e. The van der Waals surface area contributed by atoms with Crippen LogP contribution >= 0.6 is 11.8 Å². The number of carbonyl (C=O) groups excluding carboxylic acids is 2. The average molecular weight is 454 g/mol. The van der Waals surface area contributed by atoms with Crippen molar-refractivity contribution in [3.63, 3.8) is 0 Å². The predicted molar refractivity (Wildman–Crippen MR) is 123 cm³/mol. The lowest BCUT2D eigenvalue weighted by Gasteiger charge is -2.15. The standard InChI is InChI=1S/C23H24FN5O2S/c1-4-12-29-21(16(3)25-22(31)18-10-5-6-11-19(18)24)27-28-23(29)32-14-20(30)26-17-9-7-8-15(2)13-17/h4-11,13,16H,1,12,14H2,2-3H3,(H,25,31)(H,26,30)/t16-/m1/s1. The molecule has 32 heavy (non-hydrogen) atoms. The lowest BCUT2D eigenvalue weighted by atomic mass is 10.2. The maximum absolute atomic E-state index is 13.9. The van der Waals surface area contributed by atoms with Gasteiger partial charge < -0.3 is 15.2 Å². The van der Waals surface area contributed by atoms with Crippen molar-refractivity contribution in [3.05, 3.63) is 84.0 Å². The van der Waals surface area contributed by atoms with Gasteiger partial charge in [-0.15, -0.1) is 16.8 Å². The summed E-state index contributed by atoms with van der Waals surface area (Å²) < 4.78 is 15.7. The monoisotopic (exact) mass is 453 g/mol. The van der Waals surface area contributed by atoms with Gasteiger partial charge in [0.05, 0.1) is 17.4 Å². The highest BCUT2D eigenvalue weighted by Gasteiger charge is 2.21. The third-order valence-corrected chi connectivity index (χ3v) is 5.51. The summed E-state index contributed by atoms with van der Waals surface area (Å²) in [6, 6.07) is 12.8. The lowest BCUT2D eigenvalue weighted by Crippen LogP contribution is -2.29. The Labute approximate surface area is 190 Å². The number of hydrogen-bond acceptors (Lipinski definition) is 5. The quantitative estimate of drug-likeness (QED) is 0.376. The summed E-state index contributed by atoms with van der Waals surface area (Å²) in [5, 5.41) is 14.5. The van der Waals surface area contributed by atoms with E-state index in [1.165, 1.54) is 30.0 Å². The molecule has 1 atom stereocenters. The number of hydrogen-bond donors (Lipinski definition) is 2. The van der Waals surface area contributed by atoms with Crippen LogP contribution in [0, 0.1) is 12.7 Å². The fraction of sp³-hybridized carbons (Fsp3) is 0.217. The van der Waals surface area contributed by atoms with Crippen LogP contribution in [0.4, 0.5) is 10.1 Å². The van der Waals surface area contributed by atoms with Crippen LogP contribution in [0.2, 0.25) is 0 Å². The van der Waals surface area contributed by atoms with E-state index in [0.717, 1.165) is 11.3 Å². The average Bonchev–Trinajstić information content (AvgIpc) is 3.15. The molecule has 3 aromatic rings. The smallest absolute Gasteiger partial charge is 0.254 e. The Bertz CT molecular complexity index is 1130. The van der Waals surface area contributed by atoms with Gasteiger partial charge in [-0.3, -0.25) is 9.59 Å². The molecule has 0 saturated carbocycles. The first kappa shape index (κ1) is 23.2. The molecule has 0 aliphatic heterocycles. The van der Waals surface area contributed by atoms with Gasteiger partial charge in [0.1, 0.15) is 5.82 Å². The van der Waals surface area contributed by atoms with Gasteiger partial charge in [-0.05, 0) is 43.7 Å². The van der Waals surface area contributed by atoms with Gasteiger partial charge in [0.2, 0.25) is 5.91 Å². The second kappa shape index (κ2) is 10.7. The highest BCUT2D eigenvalue weighted by Crippen LogP contribution is 2.22. The van der Waals surface area contributed by atoms with E-state index in [1.54, 1.807) is 23.6 Å². The van der Waals surface area contributed by atoms with E-state index in [2.05, 4.69) is 27.4 Å². The van der Waals surface area contributed by atoms with Crippen molar-refractivity contribution < 1.29 is 14.0 Å². The summed E-state index contributed by atoms with van der Waals surface area (Å²) in [6.07, 6.45) is 1.68. The first-order valence-electron chi connectivity index (χ1n) is 9.97. The zero-order chi connectivity index (χ0) is 23.1. The van der Waals surface area contributed by atoms with Crippen LogP contribution in [0.5, 0.6) is 0 Å². The Hall–Kier alpha value is -3.46. The summed E-state index contributed by atoms with van der Waals surface area (Å²) in [5.41, 5.74) is 1.74. The summed E-state index contributed by atoms with van der Waals surface area (Å²) in [7, 11) is 0. The first-order valence-corrected chi connectivity index (χ1v) is 11.0. The van der Waals surface area contributed by atoms with Gasteiger partial charge in [0.25, 0.3) is 5.91 Å². The Morgan fingerprint density at radius 3 is 2.72 bits per heavy atom. The maximum atomic E-state index is 13.9. The van der Waals surface area contributed by atoms with E-state index in [4.69, 9.17) is 0 Å². The molecule has 0 fully saturated rings. The molecule has 0 radical (unpaired) electrons. The van der Waals surface area contributed by atoms with Gasteiger partial charge >= 0.3 is 0 Å². The van der Waals surface area contributed by atoms with Gasteiger partial charge in [0.15, 0.2) is 11.0 Å². The number of carbonyl (C=O) groups is 2. The summed E-state index contributed by atoms with van der Waals surface area (Å²) in [4.78, 5) is 24.8. The molecule has 9 heteroatoms. The molecule has 0 spiro atoms. The Morgan fingerprint density at radius 1 is 1.22 bits per heavy atom. The minimum atomic E-state index is -0.597. The van der Waals surface area contributed by atoms with Crippen molar-refractivity contribution in [2.45, 2.75) is 31.6 Å². The number of allylic oxidation sites excluding steroid dienone is 1. The predicted octanol–water partition coefficient (Wildman–Crippen LogP) is 4.13. The zero-order valence-electron chi connectivity index (χ0n) is 17.8. The Balaban J connectivity index is 1.67. The number of benzene rings is 2. The number of nitrogens with one attached hydrogen (secondary N) is 2. The van der Waals surface area contributed by atoms with E-state index in [-0.39, 0.29) is 17.2 Å². The molecule has 2 aromatic carbocycles. The molecule has 1 aromatic heterocycles. The van der Waals surface area contributed by atoms with Crippen LogP contribution < -0.4 is 10.6 Å². The zero-order valence-corrected chi connectivity index (χ0v) is 18.7. The molecule has 1 heterocycles. The number of amides is 2. The van der Waals surface area contributed by atoms with Crippen molar-refractivity contribution in [1.29, 1.82) is 0 Å². The van der Waals surface area contributed by atoms with E-state index < -0.39 is 17.8 Å². The van der Waals surface area contributed by atoms with Crippen LogP contribution in [-0.2, 0) is 11.3 Å². The molecule has 2 N–H and O–H groups in total. The normalized spacial score (nSPS) is 11.6. The molecular formula is C23H24FN5O2S. The van der Waals surface area contributed by atoms with Crippen LogP contribution in [-0.4, -0.2) is 32.3 Å². The third kappa shape index (κ3) is 5.82.